The van der Waals surface area contributed by atoms with E-state index >= 15 is 0 Å². The van der Waals surface area contributed by atoms with Crippen LogP contribution in [0, 0.1) is 6.92 Å². The Balaban J connectivity index is 2.91. The summed E-state index contributed by atoms with van der Waals surface area (Å²) in [5.41, 5.74) is 2.65. The Bertz CT molecular complexity index is 228. The van der Waals surface area contributed by atoms with Crippen molar-refractivity contribution in [2.45, 2.75) is 13.3 Å². The van der Waals surface area contributed by atoms with Gasteiger partial charge in [0.1, 0.15) is 0 Å². The molecular formula is C9H10S. The highest BCUT2D eigenvalue weighted by molar-refractivity contribution is 7.78. The van der Waals surface area contributed by atoms with E-state index < -0.39 is 0 Å². The number of hydrogen-bond donors (Lipinski definition) is 0. The predicted molar refractivity (Wildman–Crippen MR) is 48.5 cm³/mol. The fourth-order valence-electron chi connectivity index (χ4n) is 0.929. The lowest BCUT2D eigenvalue weighted by molar-refractivity contribution is 1.29. The molecule has 1 heteroatoms. The van der Waals surface area contributed by atoms with Gasteiger partial charge in [0.15, 0.2) is 0 Å². The first-order valence-electron chi connectivity index (χ1n) is 3.32. The molecule has 0 atom stereocenters. The molecule has 0 aliphatic rings. The average molecular weight is 150 g/mol. The van der Waals surface area contributed by atoms with Crippen LogP contribution in [0.5, 0.6) is 0 Å². The smallest absolute Gasteiger partial charge is 0.00104 e. The average Bonchev–Trinajstić information content (AvgIpc) is 1.94. The van der Waals surface area contributed by atoms with Crippen LogP contribution in [-0.2, 0) is 6.42 Å². The van der Waals surface area contributed by atoms with Gasteiger partial charge in [0, 0.05) is 6.42 Å². The van der Waals surface area contributed by atoms with Gasteiger partial charge in [-0.1, -0.05) is 36.5 Å². The van der Waals surface area contributed by atoms with Gasteiger partial charge in [0.25, 0.3) is 0 Å². The molecule has 0 bridgehead atoms. The topological polar surface area (TPSA) is 0 Å². The van der Waals surface area contributed by atoms with Crippen molar-refractivity contribution in [1.82, 2.24) is 0 Å². The van der Waals surface area contributed by atoms with Crippen LogP contribution < -0.4 is 0 Å². The molecule has 0 aliphatic heterocycles. The number of aryl methyl sites for hydroxylation is 1. The second-order valence-electron chi connectivity index (χ2n) is 2.30. The summed E-state index contributed by atoms with van der Waals surface area (Å²) in [6, 6.07) is 8.30. The van der Waals surface area contributed by atoms with Crippen LogP contribution in [0.1, 0.15) is 11.1 Å². The molecule has 10 heavy (non-hydrogen) atoms. The molecule has 0 fully saturated rings. The first-order chi connectivity index (χ1) is 4.84. The highest BCUT2D eigenvalue weighted by Gasteiger charge is 1.91. The Kier molecular flexibility index (Phi) is 2.57. The summed E-state index contributed by atoms with van der Waals surface area (Å²) in [6.07, 6.45) is 0.905. The van der Waals surface area contributed by atoms with E-state index in [2.05, 4.69) is 19.1 Å². The fourth-order valence-corrected chi connectivity index (χ4v) is 1.11. The minimum absolute atomic E-state index is 0.905. The molecule has 1 aromatic carbocycles. The van der Waals surface area contributed by atoms with Crippen molar-refractivity contribution in [2.24, 2.45) is 0 Å². The summed E-state index contributed by atoms with van der Waals surface area (Å²) < 4.78 is 0. The van der Waals surface area contributed by atoms with Crippen molar-refractivity contribution in [2.75, 3.05) is 0 Å². The first-order valence-corrected chi connectivity index (χ1v) is 3.80. The van der Waals surface area contributed by atoms with Gasteiger partial charge in [-0.2, -0.15) is 0 Å². The molecule has 0 heterocycles. The molecular weight excluding hydrogens is 140 g/mol. The quantitative estimate of drug-likeness (QED) is 0.584. The maximum absolute atomic E-state index is 4.77. The highest BCUT2D eigenvalue weighted by Crippen LogP contribution is 2.05. The minimum Gasteiger partial charge on any atom is -0.0931 e. The minimum atomic E-state index is 0.905. The molecule has 0 unspecified atom stereocenters. The molecule has 0 aromatic heterocycles. The van der Waals surface area contributed by atoms with Crippen LogP contribution in [-0.4, -0.2) is 5.37 Å². The summed E-state index contributed by atoms with van der Waals surface area (Å²) in [7, 11) is 0. The van der Waals surface area contributed by atoms with E-state index in [1.807, 2.05) is 12.1 Å². The molecule has 1 rings (SSSR count). The third kappa shape index (κ3) is 1.64. The number of thiocarbonyl (C=S) groups is 1. The standard InChI is InChI=1S/C9H10S/c1-8-4-2-3-5-9(8)6-7-10/h2-5,7H,6H2,1H3. The van der Waals surface area contributed by atoms with Gasteiger partial charge in [-0.15, -0.1) is 0 Å². The largest absolute Gasteiger partial charge is 0.0931 e. The Morgan fingerprint density at radius 2 is 2.10 bits per heavy atom. The second kappa shape index (κ2) is 3.47. The Morgan fingerprint density at radius 3 is 2.70 bits per heavy atom. The van der Waals surface area contributed by atoms with Crippen molar-refractivity contribution in [3.05, 3.63) is 35.4 Å². The van der Waals surface area contributed by atoms with Crippen molar-refractivity contribution >= 4 is 17.6 Å². The summed E-state index contributed by atoms with van der Waals surface area (Å²) in [5.74, 6) is 0. The molecule has 0 aliphatic carbocycles. The first kappa shape index (κ1) is 7.42. The Morgan fingerprint density at radius 1 is 1.40 bits per heavy atom. The van der Waals surface area contributed by atoms with E-state index in [0.717, 1.165) is 6.42 Å². The van der Waals surface area contributed by atoms with Crippen LogP contribution in [0.2, 0.25) is 0 Å². The zero-order chi connectivity index (χ0) is 7.40. The molecule has 0 saturated carbocycles. The molecule has 52 valence electrons. The van der Waals surface area contributed by atoms with Gasteiger partial charge in [0.05, 0.1) is 0 Å². The lowest BCUT2D eigenvalue weighted by Gasteiger charge is -1.98. The van der Waals surface area contributed by atoms with E-state index in [1.54, 1.807) is 5.37 Å². The molecule has 0 N–H and O–H groups in total. The molecule has 1 aromatic rings. The van der Waals surface area contributed by atoms with E-state index in [-0.39, 0.29) is 0 Å². The second-order valence-corrected chi connectivity index (χ2v) is 2.63. The molecule has 0 radical (unpaired) electrons. The van der Waals surface area contributed by atoms with Gasteiger partial charge in [-0.3, -0.25) is 0 Å². The van der Waals surface area contributed by atoms with E-state index in [1.165, 1.54) is 11.1 Å². The van der Waals surface area contributed by atoms with Crippen molar-refractivity contribution < 1.29 is 0 Å². The summed E-state index contributed by atoms with van der Waals surface area (Å²) >= 11 is 4.77. The van der Waals surface area contributed by atoms with Crippen LogP contribution in [0.25, 0.3) is 0 Å². The van der Waals surface area contributed by atoms with Crippen LogP contribution in [0.4, 0.5) is 0 Å². The SMILES string of the molecule is Cc1ccccc1CC=S. The highest BCUT2D eigenvalue weighted by atomic mass is 32.1. The Hall–Kier alpha value is -0.690. The third-order valence-electron chi connectivity index (χ3n) is 1.56. The van der Waals surface area contributed by atoms with Gasteiger partial charge in [0.2, 0.25) is 0 Å². The monoisotopic (exact) mass is 150 g/mol. The maximum atomic E-state index is 4.77. The van der Waals surface area contributed by atoms with Gasteiger partial charge < -0.3 is 0 Å². The third-order valence-corrected chi connectivity index (χ3v) is 1.73. The number of rotatable bonds is 2. The van der Waals surface area contributed by atoms with Gasteiger partial charge in [-0.05, 0) is 23.4 Å². The van der Waals surface area contributed by atoms with Crippen LogP contribution in [0.3, 0.4) is 0 Å². The van der Waals surface area contributed by atoms with Crippen molar-refractivity contribution in [1.29, 1.82) is 0 Å². The Labute approximate surface area is 66.9 Å². The van der Waals surface area contributed by atoms with Gasteiger partial charge in [-0.25, -0.2) is 0 Å². The molecule has 0 spiro atoms. The summed E-state index contributed by atoms with van der Waals surface area (Å²) in [5, 5.41) is 1.77. The molecule has 0 amide bonds. The van der Waals surface area contributed by atoms with Crippen LogP contribution >= 0.6 is 12.2 Å². The zero-order valence-electron chi connectivity index (χ0n) is 6.00. The number of benzene rings is 1. The van der Waals surface area contributed by atoms with E-state index in [4.69, 9.17) is 12.2 Å². The lowest BCUT2D eigenvalue weighted by atomic mass is 10.1. The van der Waals surface area contributed by atoms with Crippen molar-refractivity contribution in [3.63, 3.8) is 0 Å². The summed E-state index contributed by atoms with van der Waals surface area (Å²) in [4.78, 5) is 0. The van der Waals surface area contributed by atoms with Crippen molar-refractivity contribution in [3.8, 4) is 0 Å². The van der Waals surface area contributed by atoms with Gasteiger partial charge >= 0.3 is 0 Å². The normalized spacial score (nSPS) is 9.30. The van der Waals surface area contributed by atoms with E-state index in [9.17, 15) is 0 Å². The summed E-state index contributed by atoms with van der Waals surface area (Å²) in [6.45, 7) is 2.11. The van der Waals surface area contributed by atoms with Crippen LogP contribution in [0.15, 0.2) is 24.3 Å². The maximum Gasteiger partial charge on any atom is 0.00104 e. The zero-order valence-corrected chi connectivity index (χ0v) is 6.82. The lowest BCUT2D eigenvalue weighted by Crippen LogP contribution is -1.87. The molecule has 0 saturated heterocycles. The van der Waals surface area contributed by atoms with E-state index in [0.29, 0.717) is 0 Å². The predicted octanol–water partition coefficient (Wildman–Crippen LogP) is 2.54. The number of hydrogen-bond acceptors (Lipinski definition) is 1. The fraction of sp³-hybridized carbons (Fsp3) is 0.222. The molecule has 0 nitrogen and oxygen atoms in total.